The van der Waals surface area contributed by atoms with Gasteiger partial charge < -0.3 is 0 Å². The molecule has 17 heavy (non-hydrogen) atoms. The third-order valence-electron chi connectivity index (χ3n) is 2.87. The summed E-state index contributed by atoms with van der Waals surface area (Å²) in [5.41, 5.74) is 2.35. The Kier molecular flexibility index (Phi) is 3.13. The molecule has 5 heteroatoms. The molecule has 1 saturated carbocycles. The summed E-state index contributed by atoms with van der Waals surface area (Å²) in [6.45, 7) is 2.08. The van der Waals surface area contributed by atoms with E-state index >= 15 is 0 Å². The van der Waals surface area contributed by atoms with Gasteiger partial charge in [0.05, 0.1) is 14.1 Å². The molecule has 1 fully saturated rings. The Morgan fingerprint density at radius 2 is 2.18 bits per heavy atom. The van der Waals surface area contributed by atoms with Gasteiger partial charge in [0.25, 0.3) is 0 Å². The standard InChI is InChI=1S/C12H10ClIN2S/c1-6-4-5-17-10(6)12-15-9(7-2-3-7)8(14)11(13)16-12/h4-5,7H,2-3H2,1H3. The van der Waals surface area contributed by atoms with Gasteiger partial charge in [-0.25, -0.2) is 9.97 Å². The number of hydrogen-bond acceptors (Lipinski definition) is 3. The number of hydrogen-bond donors (Lipinski definition) is 0. The van der Waals surface area contributed by atoms with Gasteiger partial charge in [0, 0.05) is 5.92 Å². The van der Waals surface area contributed by atoms with Gasteiger partial charge in [-0.15, -0.1) is 11.3 Å². The Hall–Kier alpha value is -0.200. The highest BCUT2D eigenvalue weighted by atomic mass is 127. The van der Waals surface area contributed by atoms with Crippen molar-refractivity contribution in [2.75, 3.05) is 0 Å². The van der Waals surface area contributed by atoms with Crippen molar-refractivity contribution in [3.8, 4) is 10.7 Å². The van der Waals surface area contributed by atoms with Crippen molar-refractivity contribution in [3.05, 3.63) is 31.4 Å². The van der Waals surface area contributed by atoms with E-state index in [0.717, 1.165) is 20.0 Å². The van der Waals surface area contributed by atoms with E-state index in [1.54, 1.807) is 11.3 Å². The smallest absolute Gasteiger partial charge is 0.171 e. The SMILES string of the molecule is Cc1ccsc1-c1nc(Cl)c(I)c(C2CC2)n1. The van der Waals surface area contributed by atoms with E-state index < -0.39 is 0 Å². The fraction of sp³-hybridized carbons (Fsp3) is 0.333. The van der Waals surface area contributed by atoms with E-state index in [0.29, 0.717) is 11.1 Å². The number of aryl methyl sites for hydroxylation is 1. The van der Waals surface area contributed by atoms with Crippen LogP contribution in [0, 0.1) is 10.5 Å². The van der Waals surface area contributed by atoms with E-state index in [9.17, 15) is 0 Å². The molecule has 2 heterocycles. The monoisotopic (exact) mass is 376 g/mol. The van der Waals surface area contributed by atoms with Crippen LogP contribution >= 0.6 is 45.5 Å². The number of halogens is 2. The average molecular weight is 377 g/mol. The Labute approximate surface area is 123 Å². The average Bonchev–Trinajstić information content (AvgIpc) is 3.05. The van der Waals surface area contributed by atoms with Crippen molar-refractivity contribution >= 4 is 45.5 Å². The van der Waals surface area contributed by atoms with Crippen LogP contribution in [0.15, 0.2) is 11.4 Å². The molecule has 0 aliphatic heterocycles. The molecule has 1 aliphatic rings. The predicted molar refractivity (Wildman–Crippen MR) is 79.8 cm³/mol. The molecule has 88 valence electrons. The normalized spacial score (nSPS) is 15.2. The van der Waals surface area contributed by atoms with Crippen LogP contribution in [0.5, 0.6) is 0 Å². The second kappa shape index (κ2) is 4.48. The van der Waals surface area contributed by atoms with Crippen LogP contribution in [0.1, 0.15) is 30.0 Å². The van der Waals surface area contributed by atoms with Gasteiger partial charge in [-0.3, -0.25) is 0 Å². The molecule has 0 spiro atoms. The first-order valence-corrected chi connectivity index (χ1v) is 7.78. The van der Waals surface area contributed by atoms with Crippen molar-refractivity contribution in [1.82, 2.24) is 9.97 Å². The topological polar surface area (TPSA) is 25.8 Å². The number of rotatable bonds is 2. The van der Waals surface area contributed by atoms with Crippen LogP contribution in [0.25, 0.3) is 10.7 Å². The van der Waals surface area contributed by atoms with Crippen LogP contribution < -0.4 is 0 Å². The number of aromatic nitrogens is 2. The summed E-state index contributed by atoms with van der Waals surface area (Å²) in [6, 6.07) is 2.09. The first-order chi connectivity index (χ1) is 8.16. The van der Waals surface area contributed by atoms with Gasteiger partial charge in [0.1, 0.15) is 5.15 Å². The number of thiophene rings is 1. The van der Waals surface area contributed by atoms with E-state index in [-0.39, 0.29) is 0 Å². The molecule has 1 aliphatic carbocycles. The summed E-state index contributed by atoms with van der Waals surface area (Å²) in [5, 5.41) is 2.65. The molecule has 0 amide bonds. The van der Waals surface area contributed by atoms with Crippen LogP contribution in [0.4, 0.5) is 0 Å². The maximum atomic E-state index is 6.21. The zero-order valence-electron chi connectivity index (χ0n) is 9.20. The van der Waals surface area contributed by atoms with Crippen LogP contribution in [-0.2, 0) is 0 Å². The summed E-state index contributed by atoms with van der Waals surface area (Å²) < 4.78 is 1.02. The van der Waals surface area contributed by atoms with E-state index in [1.165, 1.54) is 18.4 Å². The zero-order valence-corrected chi connectivity index (χ0v) is 12.9. The Morgan fingerprint density at radius 3 is 2.76 bits per heavy atom. The highest BCUT2D eigenvalue weighted by Gasteiger charge is 2.29. The van der Waals surface area contributed by atoms with E-state index in [4.69, 9.17) is 16.6 Å². The van der Waals surface area contributed by atoms with Gasteiger partial charge in [0.15, 0.2) is 5.82 Å². The summed E-state index contributed by atoms with van der Waals surface area (Å²) in [7, 11) is 0. The second-order valence-electron chi connectivity index (χ2n) is 4.24. The molecular formula is C12H10ClIN2S. The Balaban J connectivity index is 2.15. The van der Waals surface area contributed by atoms with Gasteiger partial charge in [0.2, 0.25) is 0 Å². The maximum Gasteiger partial charge on any atom is 0.171 e. The molecule has 2 aromatic rings. The molecule has 0 atom stereocenters. The molecule has 0 saturated heterocycles. The quantitative estimate of drug-likeness (QED) is 0.563. The number of nitrogens with zero attached hydrogens (tertiary/aromatic N) is 2. The van der Waals surface area contributed by atoms with E-state index in [2.05, 4.69) is 45.9 Å². The van der Waals surface area contributed by atoms with E-state index in [1.807, 2.05) is 0 Å². The highest BCUT2D eigenvalue weighted by Crippen LogP contribution is 2.43. The van der Waals surface area contributed by atoms with Crippen molar-refractivity contribution in [3.63, 3.8) is 0 Å². The first kappa shape index (κ1) is 11.9. The minimum atomic E-state index is 0.588. The highest BCUT2D eigenvalue weighted by molar-refractivity contribution is 14.1. The lowest BCUT2D eigenvalue weighted by atomic mass is 10.2. The minimum absolute atomic E-state index is 0.588. The molecular weight excluding hydrogens is 367 g/mol. The first-order valence-electron chi connectivity index (χ1n) is 5.44. The predicted octanol–water partition coefficient (Wildman–Crippen LogP) is 4.65. The van der Waals surface area contributed by atoms with Crippen molar-refractivity contribution < 1.29 is 0 Å². The largest absolute Gasteiger partial charge is 0.231 e. The fourth-order valence-electron chi connectivity index (χ4n) is 1.77. The maximum absolute atomic E-state index is 6.21. The summed E-state index contributed by atoms with van der Waals surface area (Å²) in [4.78, 5) is 10.2. The minimum Gasteiger partial charge on any atom is -0.231 e. The Morgan fingerprint density at radius 1 is 1.41 bits per heavy atom. The van der Waals surface area contributed by atoms with Crippen molar-refractivity contribution in [2.45, 2.75) is 25.7 Å². The van der Waals surface area contributed by atoms with Gasteiger partial charge >= 0.3 is 0 Å². The second-order valence-corrected chi connectivity index (χ2v) is 6.60. The molecule has 2 aromatic heterocycles. The lowest BCUT2D eigenvalue weighted by Crippen LogP contribution is -1.99. The van der Waals surface area contributed by atoms with Crippen LogP contribution in [0.3, 0.4) is 0 Å². The van der Waals surface area contributed by atoms with Gasteiger partial charge in [-0.2, -0.15) is 0 Å². The van der Waals surface area contributed by atoms with Crippen LogP contribution in [-0.4, -0.2) is 9.97 Å². The van der Waals surface area contributed by atoms with Gasteiger partial charge in [-0.05, 0) is 59.4 Å². The molecule has 0 unspecified atom stereocenters. The molecule has 2 nitrogen and oxygen atoms in total. The lowest BCUT2D eigenvalue weighted by molar-refractivity contribution is 0.979. The third kappa shape index (κ3) is 2.22. The molecule has 0 N–H and O–H groups in total. The summed E-state index contributed by atoms with van der Waals surface area (Å²) >= 11 is 10.1. The van der Waals surface area contributed by atoms with Crippen molar-refractivity contribution in [1.29, 1.82) is 0 Å². The summed E-state index contributed by atoms with van der Waals surface area (Å²) in [6.07, 6.45) is 2.46. The Bertz CT molecular complexity index is 578. The summed E-state index contributed by atoms with van der Waals surface area (Å²) in [5.74, 6) is 1.38. The molecule has 0 radical (unpaired) electrons. The molecule has 3 rings (SSSR count). The van der Waals surface area contributed by atoms with Gasteiger partial charge in [-0.1, -0.05) is 11.6 Å². The van der Waals surface area contributed by atoms with Crippen LogP contribution in [0.2, 0.25) is 5.15 Å². The molecule has 0 aromatic carbocycles. The lowest BCUT2D eigenvalue weighted by Gasteiger charge is -2.06. The fourth-order valence-corrected chi connectivity index (χ4v) is 3.48. The molecule has 0 bridgehead atoms. The zero-order chi connectivity index (χ0) is 12.0. The van der Waals surface area contributed by atoms with Crippen molar-refractivity contribution in [2.24, 2.45) is 0 Å². The third-order valence-corrected chi connectivity index (χ3v) is 5.53.